The van der Waals surface area contributed by atoms with Gasteiger partial charge in [0.25, 0.3) is 0 Å². The van der Waals surface area contributed by atoms with Gasteiger partial charge in [0.2, 0.25) is 0 Å². The molecule has 16 heavy (non-hydrogen) atoms. The van der Waals surface area contributed by atoms with E-state index in [0.717, 1.165) is 22.4 Å². The highest BCUT2D eigenvalue weighted by Gasteiger charge is 2.15. The van der Waals surface area contributed by atoms with Crippen molar-refractivity contribution in [2.45, 2.75) is 26.9 Å². The molecule has 0 fully saturated rings. The number of ether oxygens (including phenoxy) is 2. The fourth-order valence-corrected chi connectivity index (χ4v) is 1.66. The van der Waals surface area contributed by atoms with Gasteiger partial charge in [0.15, 0.2) is 0 Å². The summed E-state index contributed by atoms with van der Waals surface area (Å²) in [7, 11) is 1.62. The second-order valence-electron chi connectivity index (χ2n) is 3.81. The summed E-state index contributed by atoms with van der Waals surface area (Å²) in [5.41, 5.74) is 3.01. The van der Waals surface area contributed by atoms with Gasteiger partial charge in [-0.3, -0.25) is 0 Å². The summed E-state index contributed by atoms with van der Waals surface area (Å²) >= 11 is 0. The SMILES string of the molecule is CCOCC(O)c1ccc(C)c(C)c1OC. The fourth-order valence-electron chi connectivity index (χ4n) is 1.66. The Balaban J connectivity index is 2.99. The first-order valence-electron chi connectivity index (χ1n) is 5.51. The molecule has 1 N–H and O–H groups in total. The van der Waals surface area contributed by atoms with Crippen LogP contribution in [0.2, 0.25) is 0 Å². The molecular weight excluding hydrogens is 204 g/mol. The van der Waals surface area contributed by atoms with Gasteiger partial charge in [-0.05, 0) is 31.9 Å². The van der Waals surface area contributed by atoms with Crippen LogP contribution in [0.25, 0.3) is 0 Å². The summed E-state index contributed by atoms with van der Waals surface area (Å²) in [6.07, 6.45) is -0.630. The van der Waals surface area contributed by atoms with Crippen LogP contribution in [0, 0.1) is 13.8 Å². The van der Waals surface area contributed by atoms with Crippen molar-refractivity contribution in [3.05, 3.63) is 28.8 Å². The van der Waals surface area contributed by atoms with Crippen LogP contribution in [0.15, 0.2) is 12.1 Å². The van der Waals surface area contributed by atoms with Crippen molar-refractivity contribution in [3.63, 3.8) is 0 Å². The zero-order valence-electron chi connectivity index (χ0n) is 10.4. The zero-order valence-corrected chi connectivity index (χ0v) is 10.4. The molecule has 0 spiro atoms. The third-order valence-electron chi connectivity index (χ3n) is 2.75. The Morgan fingerprint density at radius 3 is 2.56 bits per heavy atom. The van der Waals surface area contributed by atoms with Crippen molar-refractivity contribution < 1.29 is 14.6 Å². The first-order chi connectivity index (χ1) is 7.61. The quantitative estimate of drug-likeness (QED) is 0.834. The molecule has 0 bridgehead atoms. The van der Waals surface area contributed by atoms with Gasteiger partial charge in [0, 0.05) is 12.2 Å². The lowest BCUT2D eigenvalue weighted by molar-refractivity contribution is 0.0407. The first kappa shape index (κ1) is 13.0. The minimum absolute atomic E-state index is 0.301. The Morgan fingerprint density at radius 1 is 1.31 bits per heavy atom. The third-order valence-corrected chi connectivity index (χ3v) is 2.75. The molecule has 0 aliphatic rings. The van der Waals surface area contributed by atoms with Crippen LogP contribution in [0.4, 0.5) is 0 Å². The van der Waals surface area contributed by atoms with E-state index in [1.165, 1.54) is 0 Å². The average molecular weight is 224 g/mol. The number of benzene rings is 1. The van der Waals surface area contributed by atoms with E-state index >= 15 is 0 Å². The molecule has 1 atom stereocenters. The van der Waals surface area contributed by atoms with Crippen LogP contribution >= 0.6 is 0 Å². The fraction of sp³-hybridized carbons (Fsp3) is 0.538. The Kier molecular flexibility index (Phi) is 4.77. The van der Waals surface area contributed by atoms with Gasteiger partial charge >= 0.3 is 0 Å². The lowest BCUT2D eigenvalue weighted by Gasteiger charge is -2.17. The van der Waals surface area contributed by atoms with E-state index in [2.05, 4.69) is 0 Å². The second kappa shape index (κ2) is 5.87. The molecule has 0 radical (unpaired) electrons. The second-order valence-corrected chi connectivity index (χ2v) is 3.81. The minimum atomic E-state index is -0.630. The van der Waals surface area contributed by atoms with E-state index in [4.69, 9.17) is 9.47 Å². The minimum Gasteiger partial charge on any atom is -0.496 e. The van der Waals surface area contributed by atoms with Gasteiger partial charge in [-0.15, -0.1) is 0 Å². The zero-order chi connectivity index (χ0) is 12.1. The van der Waals surface area contributed by atoms with Crippen LogP contribution in [0.3, 0.4) is 0 Å². The van der Waals surface area contributed by atoms with Gasteiger partial charge in [-0.25, -0.2) is 0 Å². The van der Waals surface area contributed by atoms with Crippen LogP contribution in [-0.2, 0) is 4.74 Å². The molecule has 3 nitrogen and oxygen atoms in total. The summed E-state index contributed by atoms with van der Waals surface area (Å²) < 4.78 is 10.6. The molecule has 0 aliphatic heterocycles. The maximum absolute atomic E-state index is 9.97. The van der Waals surface area contributed by atoms with E-state index in [0.29, 0.717) is 13.2 Å². The molecule has 3 heteroatoms. The van der Waals surface area contributed by atoms with Crippen molar-refractivity contribution in [2.24, 2.45) is 0 Å². The first-order valence-corrected chi connectivity index (χ1v) is 5.51. The molecule has 0 aromatic heterocycles. The van der Waals surface area contributed by atoms with E-state index < -0.39 is 6.10 Å². The lowest BCUT2D eigenvalue weighted by Crippen LogP contribution is -2.09. The van der Waals surface area contributed by atoms with Gasteiger partial charge in [0.05, 0.1) is 13.7 Å². The topological polar surface area (TPSA) is 38.7 Å². The number of aliphatic hydroxyl groups is 1. The van der Waals surface area contributed by atoms with Crippen LogP contribution in [0.1, 0.15) is 29.7 Å². The predicted octanol–water partition coefficient (Wildman–Crippen LogP) is 2.38. The van der Waals surface area contributed by atoms with Crippen molar-refractivity contribution in [2.75, 3.05) is 20.3 Å². The van der Waals surface area contributed by atoms with Crippen LogP contribution in [-0.4, -0.2) is 25.4 Å². The number of hydrogen-bond donors (Lipinski definition) is 1. The Bertz CT molecular complexity index is 347. The van der Waals surface area contributed by atoms with Crippen molar-refractivity contribution >= 4 is 0 Å². The van der Waals surface area contributed by atoms with Gasteiger partial charge in [0.1, 0.15) is 11.9 Å². The van der Waals surface area contributed by atoms with E-state index in [9.17, 15) is 5.11 Å². The van der Waals surface area contributed by atoms with Crippen molar-refractivity contribution in [3.8, 4) is 5.75 Å². The molecule has 0 saturated heterocycles. The number of methoxy groups -OCH3 is 1. The molecule has 1 aromatic rings. The highest BCUT2D eigenvalue weighted by molar-refractivity contribution is 5.46. The predicted molar refractivity (Wildman–Crippen MR) is 63.9 cm³/mol. The highest BCUT2D eigenvalue weighted by Crippen LogP contribution is 2.30. The number of aryl methyl sites for hydroxylation is 1. The highest BCUT2D eigenvalue weighted by atomic mass is 16.5. The lowest BCUT2D eigenvalue weighted by atomic mass is 10.0. The Labute approximate surface area is 97.0 Å². The van der Waals surface area contributed by atoms with Crippen molar-refractivity contribution in [1.82, 2.24) is 0 Å². The summed E-state index contributed by atoms with van der Waals surface area (Å²) in [5.74, 6) is 0.757. The molecular formula is C13H20O3. The maximum Gasteiger partial charge on any atom is 0.127 e. The summed E-state index contributed by atoms with van der Waals surface area (Å²) in [4.78, 5) is 0. The maximum atomic E-state index is 9.97. The molecule has 1 unspecified atom stereocenters. The third kappa shape index (κ3) is 2.74. The van der Waals surface area contributed by atoms with Crippen LogP contribution < -0.4 is 4.74 Å². The molecule has 0 amide bonds. The number of aliphatic hydroxyl groups excluding tert-OH is 1. The molecule has 90 valence electrons. The standard InChI is InChI=1S/C13H20O3/c1-5-16-8-12(14)11-7-6-9(2)10(3)13(11)15-4/h6-7,12,14H,5,8H2,1-4H3. The van der Waals surface area contributed by atoms with E-state index in [1.54, 1.807) is 7.11 Å². The molecule has 1 aromatic carbocycles. The summed E-state index contributed by atoms with van der Waals surface area (Å²) in [6, 6.07) is 3.88. The van der Waals surface area contributed by atoms with Crippen molar-refractivity contribution in [1.29, 1.82) is 0 Å². The van der Waals surface area contributed by atoms with Gasteiger partial charge in [-0.1, -0.05) is 12.1 Å². The average Bonchev–Trinajstić information content (AvgIpc) is 2.29. The Hall–Kier alpha value is -1.06. The van der Waals surface area contributed by atoms with E-state index in [-0.39, 0.29) is 0 Å². The van der Waals surface area contributed by atoms with E-state index in [1.807, 2.05) is 32.9 Å². The van der Waals surface area contributed by atoms with Crippen LogP contribution in [0.5, 0.6) is 5.75 Å². The number of rotatable bonds is 5. The van der Waals surface area contributed by atoms with Gasteiger partial charge < -0.3 is 14.6 Å². The number of hydrogen-bond acceptors (Lipinski definition) is 3. The summed E-state index contributed by atoms with van der Waals surface area (Å²) in [5, 5.41) is 9.97. The molecule has 0 heterocycles. The molecule has 1 rings (SSSR count). The van der Waals surface area contributed by atoms with Gasteiger partial charge in [-0.2, -0.15) is 0 Å². The smallest absolute Gasteiger partial charge is 0.127 e. The Morgan fingerprint density at radius 2 is 2.00 bits per heavy atom. The normalized spacial score (nSPS) is 12.6. The molecule has 0 saturated carbocycles. The molecule has 0 aliphatic carbocycles. The largest absolute Gasteiger partial charge is 0.496 e. The monoisotopic (exact) mass is 224 g/mol. The summed E-state index contributed by atoms with van der Waals surface area (Å²) in [6.45, 7) is 6.82.